The number of benzene rings is 1. The van der Waals surface area contributed by atoms with Crippen molar-refractivity contribution in [3.05, 3.63) is 34.6 Å². The number of hydrogen-bond donors (Lipinski definition) is 2. The Bertz CT molecular complexity index is 471. The van der Waals surface area contributed by atoms with Gasteiger partial charge in [0.2, 0.25) is 5.82 Å². The van der Waals surface area contributed by atoms with E-state index in [9.17, 15) is 26.5 Å². The molecule has 0 heterocycles. The second kappa shape index (κ2) is 4.69. The van der Waals surface area contributed by atoms with Crippen LogP contribution in [0.1, 0.15) is 5.56 Å². The first-order valence-electron chi connectivity index (χ1n) is 3.85. The van der Waals surface area contributed by atoms with Gasteiger partial charge in [0.05, 0.1) is 12.2 Å². The van der Waals surface area contributed by atoms with Crippen LogP contribution in [0.2, 0.25) is 0 Å². The van der Waals surface area contributed by atoms with E-state index in [2.05, 4.69) is 4.52 Å². The SMILES string of the molecule is O=P(O)(O)OCc1c(F)c(F)c(F)c(F)c1F. The molecule has 0 aromatic heterocycles. The summed E-state index contributed by atoms with van der Waals surface area (Å²) in [4.78, 5) is 16.5. The van der Waals surface area contributed by atoms with Crippen molar-refractivity contribution in [1.82, 2.24) is 0 Å². The van der Waals surface area contributed by atoms with E-state index in [1.54, 1.807) is 0 Å². The summed E-state index contributed by atoms with van der Waals surface area (Å²) in [6.45, 7) is -1.45. The molecule has 0 saturated carbocycles. The minimum atomic E-state index is -5.08. The molecule has 2 N–H and O–H groups in total. The van der Waals surface area contributed by atoms with E-state index in [0.717, 1.165) is 0 Å². The fraction of sp³-hybridized carbons (Fsp3) is 0.143. The molecule has 1 aromatic carbocycles. The molecule has 0 fully saturated rings. The fourth-order valence-electron chi connectivity index (χ4n) is 0.926. The van der Waals surface area contributed by atoms with Gasteiger partial charge < -0.3 is 9.79 Å². The molecule has 0 aliphatic heterocycles. The third-order valence-electron chi connectivity index (χ3n) is 1.68. The molecular formula is C7H4F5O4P. The summed E-state index contributed by atoms with van der Waals surface area (Å²) in [5.74, 6) is -11.2. The topological polar surface area (TPSA) is 66.8 Å². The Morgan fingerprint density at radius 3 is 1.59 bits per heavy atom. The van der Waals surface area contributed by atoms with Crippen LogP contribution in [-0.2, 0) is 15.7 Å². The van der Waals surface area contributed by atoms with Gasteiger partial charge in [0, 0.05) is 0 Å². The Morgan fingerprint density at radius 2 is 1.24 bits per heavy atom. The summed E-state index contributed by atoms with van der Waals surface area (Å²) in [5, 5.41) is 0. The molecule has 10 heteroatoms. The largest absolute Gasteiger partial charge is 0.469 e. The Kier molecular flexibility index (Phi) is 3.88. The van der Waals surface area contributed by atoms with Crippen molar-refractivity contribution in [3.8, 4) is 0 Å². The molecule has 1 aromatic rings. The fourth-order valence-corrected chi connectivity index (χ4v) is 1.22. The lowest BCUT2D eigenvalue weighted by Gasteiger charge is -2.09. The lowest BCUT2D eigenvalue weighted by atomic mass is 10.2. The van der Waals surface area contributed by atoms with Crippen LogP contribution >= 0.6 is 7.82 Å². The van der Waals surface area contributed by atoms with Crippen molar-refractivity contribution in [3.63, 3.8) is 0 Å². The predicted molar refractivity (Wildman–Crippen MR) is 43.1 cm³/mol. The van der Waals surface area contributed by atoms with Crippen molar-refractivity contribution in [2.24, 2.45) is 0 Å². The summed E-state index contributed by atoms with van der Waals surface area (Å²) >= 11 is 0. The monoisotopic (exact) mass is 278 g/mol. The van der Waals surface area contributed by atoms with Crippen molar-refractivity contribution < 1.29 is 40.8 Å². The molecule has 0 radical (unpaired) electrons. The summed E-state index contributed by atoms with van der Waals surface area (Å²) in [6.07, 6.45) is 0. The smallest absolute Gasteiger partial charge is 0.303 e. The molecule has 0 aliphatic rings. The van der Waals surface area contributed by atoms with Gasteiger partial charge in [-0.25, -0.2) is 26.5 Å². The molecule has 0 atom stereocenters. The van der Waals surface area contributed by atoms with Crippen LogP contribution in [0.3, 0.4) is 0 Å². The van der Waals surface area contributed by atoms with Crippen LogP contribution in [0.5, 0.6) is 0 Å². The maximum Gasteiger partial charge on any atom is 0.469 e. The molecule has 1 rings (SSSR count). The highest BCUT2D eigenvalue weighted by Crippen LogP contribution is 2.38. The van der Waals surface area contributed by atoms with Gasteiger partial charge in [-0.15, -0.1) is 0 Å². The summed E-state index contributed by atoms with van der Waals surface area (Å²) in [5.41, 5.74) is -1.45. The average molecular weight is 278 g/mol. The quantitative estimate of drug-likeness (QED) is 0.384. The van der Waals surface area contributed by atoms with Gasteiger partial charge >= 0.3 is 7.82 Å². The van der Waals surface area contributed by atoms with Crippen molar-refractivity contribution >= 4 is 7.82 Å². The van der Waals surface area contributed by atoms with Gasteiger partial charge in [-0.05, 0) is 0 Å². The van der Waals surface area contributed by atoms with Crippen LogP contribution in [0.15, 0.2) is 0 Å². The predicted octanol–water partition coefficient (Wildman–Crippen LogP) is 1.99. The van der Waals surface area contributed by atoms with E-state index < -0.39 is 49.1 Å². The van der Waals surface area contributed by atoms with Crippen molar-refractivity contribution in [2.45, 2.75) is 6.61 Å². The highest BCUT2D eigenvalue weighted by atomic mass is 31.2. The Labute approximate surface area is 90.9 Å². The number of rotatable bonds is 3. The van der Waals surface area contributed by atoms with Crippen molar-refractivity contribution in [2.75, 3.05) is 0 Å². The maximum absolute atomic E-state index is 12.9. The lowest BCUT2D eigenvalue weighted by molar-refractivity contribution is 0.182. The van der Waals surface area contributed by atoms with Gasteiger partial charge in [-0.1, -0.05) is 0 Å². The van der Waals surface area contributed by atoms with Gasteiger partial charge in [-0.2, -0.15) is 0 Å². The zero-order valence-corrected chi connectivity index (χ0v) is 8.65. The molecule has 0 amide bonds. The molecular weight excluding hydrogens is 274 g/mol. The van der Waals surface area contributed by atoms with E-state index in [1.807, 2.05) is 0 Å². The second-order valence-electron chi connectivity index (χ2n) is 2.81. The van der Waals surface area contributed by atoms with E-state index >= 15 is 0 Å². The van der Waals surface area contributed by atoms with Gasteiger partial charge in [0.25, 0.3) is 0 Å². The number of hydrogen-bond acceptors (Lipinski definition) is 2. The highest BCUT2D eigenvalue weighted by Gasteiger charge is 2.27. The van der Waals surface area contributed by atoms with Crippen LogP contribution in [0.25, 0.3) is 0 Å². The van der Waals surface area contributed by atoms with Crippen molar-refractivity contribution in [1.29, 1.82) is 0 Å². The zero-order chi connectivity index (χ0) is 13.4. The molecule has 4 nitrogen and oxygen atoms in total. The van der Waals surface area contributed by atoms with Gasteiger partial charge in [0.15, 0.2) is 23.3 Å². The average Bonchev–Trinajstić information content (AvgIpc) is 2.22. The van der Waals surface area contributed by atoms with Crippen LogP contribution in [0, 0.1) is 29.1 Å². The summed E-state index contributed by atoms with van der Waals surface area (Å²) in [7, 11) is -5.08. The minimum Gasteiger partial charge on any atom is -0.303 e. The molecule has 96 valence electrons. The zero-order valence-electron chi connectivity index (χ0n) is 7.76. The van der Waals surface area contributed by atoms with Gasteiger partial charge in [0.1, 0.15) is 0 Å². The number of phosphoric acid groups is 1. The lowest BCUT2D eigenvalue weighted by Crippen LogP contribution is -2.08. The highest BCUT2D eigenvalue weighted by molar-refractivity contribution is 7.46. The Morgan fingerprint density at radius 1 is 0.882 bits per heavy atom. The Balaban J connectivity index is 3.21. The molecule has 17 heavy (non-hydrogen) atoms. The molecule has 0 aliphatic carbocycles. The maximum atomic E-state index is 12.9. The number of halogens is 5. The summed E-state index contributed by atoms with van der Waals surface area (Å²) < 4.78 is 77.5. The second-order valence-corrected chi connectivity index (χ2v) is 4.05. The first-order chi connectivity index (χ1) is 7.65. The van der Waals surface area contributed by atoms with Crippen LogP contribution < -0.4 is 0 Å². The van der Waals surface area contributed by atoms with E-state index in [4.69, 9.17) is 9.79 Å². The molecule has 0 spiro atoms. The standard InChI is InChI=1S/C7H4F5O4P/c8-3-2(1-16-17(13,14)15)4(9)6(11)7(12)5(3)10/h1H2,(H2,13,14,15). The molecule has 0 unspecified atom stereocenters. The summed E-state index contributed by atoms with van der Waals surface area (Å²) in [6, 6.07) is 0. The Hall–Kier alpha value is -1.02. The van der Waals surface area contributed by atoms with Gasteiger partial charge in [-0.3, -0.25) is 4.52 Å². The number of phosphoric ester groups is 1. The van der Waals surface area contributed by atoms with Crippen LogP contribution in [0.4, 0.5) is 22.0 Å². The molecule has 0 bridgehead atoms. The normalized spacial score (nSPS) is 11.9. The third-order valence-corrected chi connectivity index (χ3v) is 2.14. The minimum absolute atomic E-state index is 1.45. The van der Waals surface area contributed by atoms with Crippen LogP contribution in [-0.4, -0.2) is 9.79 Å². The first kappa shape index (κ1) is 14.0. The molecule has 0 saturated heterocycles. The van der Waals surface area contributed by atoms with E-state index in [0.29, 0.717) is 0 Å². The van der Waals surface area contributed by atoms with E-state index in [1.165, 1.54) is 0 Å². The third kappa shape index (κ3) is 3.01. The van der Waals surface area contributed by atoms with E-state index in [-0.39, 0.29) is 0 Å². The first-order valence-corrected chi connectivity index (χ1v) is 5.38.